The third kappa shape index (κ3) is 2.03. The molecule has 1 aliphatic carbocycles. The maximum atomic E-state index is 11.5. The van der Waals surface area contributed by atoms with E-state index in [1.165, 1.54) is 6.20 Å². The van der Waals surface area contributed by atoms with Crippen molar-refractivity contribution >= 4 is 22.6 Å². The van der Waals surface area contributed by atoms with Crippen LogP contribution in [0.15, 0.2) is 30.5 Å². The fraction of sp³-hybridized carbons (Fsp3) is 0.333. The van der Waals surface area contributed by atoms with Gasteiger partial charge in [-0.2, -0.15) is 0 Å². The van der Waals surface area contributed by atoms with E-state index in [4.69, 9.17) is 0 Å². The molecule has 0 saturated heterocycles. The lowest BCUT2D eigenvalue weighted by Gasteiger charge is -2.25. The van der Waals surface area contributed by atoms with E-state index < -0.39 is 5.97 Å². The molecule has 1 heterocycles. The van der Waals surface area contributed by atoms with Crippen molar-refractivity contribution in [2.45, 2.75) is 25.8 Å². The molecule has 1 aliphatic rings. The van der Waals surface area contributed by atoms with Crippen LogP contribution in [-0.2, 0) is 0 Å². The van der Waals surface area contributed by atoms with Gasteiger partial charge < -0.3 is 10.0 Å². The first-order chi connectivity index (χ1) is 9.22. The van der Waals surface area contributed by atoms with E-state index >= 15 is 0 Å². The molecule has 1 N–H and O–H groups in total. The van der Waals surface area contributed by atoms with Gasteiger partial charge >= 0.3 is 5.97 Å². The summed E-state index contributed by atoms with van der Waals surface area (Å²) in [6, 6.07) is 8.21. The van der Waals surface area contributed by atoms with Crippen LogP contribution in [-0.4, -0.2) is 28.6 Å². The first-order valence-electron chi connectivity index (χ1n) is 6.60. The largest absolute Gasteiger partial charge is 0.478 e. The number of rotatable bonds is 4. The van der Waals surface area contributed by atoms with E-state index in [0.717, 1.165) is 36.0 Å². The lowest BCUT2D eigenvalue weighted by atomic mass is 10.1. The molecule has 1 saturated carbocycles. The van der Waals surface area contributed by atoms with Crippen molar-refractivity contribution in [3.63, 3.8) is 0 Å². The Morgan fingerprint density at radius 2 is 2.16 bits per heavy atom. The molecular weight excluding hydrogens is 240 g/mol. The lowest BCUT2D eigenvalue weighted by Crippen LogP contribution is -2.27. The summed E-state index contributed by atoms with van der Waals surface area (Å²) in [6.45, 7) is 2.89. The van der Waals surface area contributed by atoms with Crippen LogP contribution in [0, 0.1) is 0 Å². The van der Waals surface area contributed by atoms with Crippen LogP contribution in [0.4, 0.5) is 5.69 Å². The average molecular weight is 256 g/mol. The van der Waals surface area contributed by atoms with Gasteiger partial charge in [-0.1, -0.05) is 18.2 Å². The summed E-state index contributed by atoms with van der Waals surface area (Å²) in [5.74, 6) is -0.910. The minimum Gasteiger partial charge on any atom is -0.478 e. The molecule has 0 atom stereocenters. The number of aromatic nitrogens is 1. The SMILES string of the molecule is CCN(c1c(C(=O)O)cnc2ccccc12)C1CC1. The third-order valence-corrected chi connectivity index (χ3v) is 3.59. The normalized spacial score (nSPS) is 14.6. The van der Waals surface area contributed by atoms with Crippen molar-refractivity contribution in [1.82, 2.24) is 4.98 Å². The summed E-state index contributed by atoms with van der Waals surface area (Å²) < 4.78 is 0. The van der Waals surface area contributed by atoms with Gasteiger partial charge in [0, 0.05) is 24.2 Å². The molecule has 0 unspecified atom stereocenters. The Labute approximate surface area is 111 Å². The predicted octanol–water partition coefficient (Wildman–Crippen LogP) is 2.92. The van der Waals surface area contributed by atoms with Crippen molar-refractivity contribution in [2.24, 2.45) is 0 Å². The molecule has 3 rings (SSSR count). The van der Waals surface area contributed by atoms with Crippen molar-refractivity contribution in [2.75, 3.05) is 11.4 Å². The Bertz CT molecular complexity index is 635. The summed E-state index contributed by atoms with van der Waals surface area (Å²) in [5.41, 5.74) is 1.97. The molecule has 0 radical (unpaired) electrons. The van der Waals surface area contributed by atoms with Crippen molar-refractivity contribution in [3.05, 3.63) is 36.0 Å². The second-order valence-corrected chi connectivity index (χ2v) is 4.86. The summed E-state index contributed by atoms with van der Waals surface area (Å²) in [5, 5.41) is 10.3. The molecule has 1 aromatic heterocycles. The number of nitrogens with zero attached hydrogens (tertiary/aromatic N) is 2. The van der Waals surface area contributed by atoms with Crippen LogP contribution < -0.4 is 4.90 Å². The van der Waals surface area contributed by atoms with Gasteiger partial charge in [0.05, 0.1) is 11.2 Å². The first-order valence-corrected chi connectivity index (χ1v) is 6.60. The summed E-state index contributed by atoms with van der Waals surface area (Å²) in [4.78, 5) is 17.9. The second kappa shape index (κ2) is 4.53. The van der Waals surface area contributed by atoms with Gasteiger partial charge in [-0.15, -0.1) is 0 Å². The molecule has 4 heteroatoms. The number of carboxylic acids is 1. The average Bonchev–Trinajstić information content (AvgIpc) is 3.24. The zero-order valence-electron chi connectivity index (χ0n) is 10.8. The van der Waals surface area contributed by atoms with Crippen molar-refractivity contribution in [3.8, 4) is 0 Å². The molecule has 1 aromatic carbocycles. The minimum atomic E-state index is -0.910. The molecule has 0 spiro atoms. The highest BCUT2D eigenvalue weighted by molar-refractivity contribution is 6.04. The summed E-state index contributed by atoms with van der Waals surface area (Å²) in [6.07, 6.45) is 3.76. The zero-order valence-corrected chi connectivity index (χ0v) is 10.8. The molecular formula is C15H16N2O2. The maximum absolute atomic E-state index is 11.5. The Balaban J connectivity index is 2.27. The number of pyridine rings is 1. The monoisotopic (exact) mass is 256 g/mol. The van der Waals surface area contributed by atoms with Gasteiger partial charge in [0.25, 0.3) is 0 Å². The third-order valence-electron chi connectivity index (χ3n) is 3.59. The van der Waals surface area contributed by atoms with Crippen molar-refractivity contribution in [1.29, 1.82) is 0 Å². The maximum Gasteiger partial charge on any atom is 0.339 e. The fourth-order valence-corrected chi connectivity index (χ4v) is 2.58. The standard InChI is InChI=1S/C15H16N2O2/c1-2-17(10-7-8-10)14-11-5-3-4-6-13(11)16-9-12(14)15(18)19/h3-6,9-10H,2,7-8H2,1H3,(H,18,19). The highest BCUT2D eigenvalue weighted by atomic mass is 16.4. The number of hydrogen-bond donors (Lipinski definition) is 1. The first kappa shape index (κ1) is 12.0. The van der Waals surface area contributed by atoms with Gasteiger partial charge in [0.2, 0.25) is 0 Å². The molecule has 19 heavy (non-hydrogen) atoms. The van der Waals surface area contributed by atoms with Gasteiger partial charge in [-0.3, -0.25) is 4.98 Å². The number of carboxylic acid groups (broad SMARTS) is 1. The summed E-state index contributed by atoms with van der Waals surface area (Å²) in [7, 11) is 0. The molecule has 98 valence electrons. The van der Waals surface area contributed by atoms with Crippen LogP contribution in [0.25, 0.3) is 10.9 Å². The van der Waals surface area contributed by atoms with E-state index in [2.05, 4.69) is 16.8 Å². The lowest BCUT2D eigenvalue weighted by molar-refractivity contribution is 0.0697. The van der Waals surface area contributed by atoms with Gasteiger partial charge in [-0.05, 0) is 25.8 Å². The van der Waals surface area contributed by atoms with Crippen LogP contribution in [0.1, 0.15) is 30.1 Å². The Hall–Kier alpha value is -2.10. The molecule has 0 bridgehead atoms. The Kier molecular flexibility index (Phi) is 2.85. The van der Waals surface area contributed by atoms with E-state index in [1.807, 2.05) is 24.3 Å². The predicted molar refractivity (Wildman–Crippen MR) is 74.7 cm³/mol. The highest BCUT2D eigenvalue weighted by Gasteiger charge is 2.31. The van der Waals surface area contributed by atoms with E-state index in [-0.39, 0.29) is 0 Å². The number of para-hydroxylation sites is 1. The summed E-state index contributed by atoms with van der Waals surface area (Å²) >= 11 is 0. The van der Waals surface area contributed by atoms with Crippen LogP contribution in [0.3, 0.4) is 0 Å². The molecule has 0 amide bonds. The number of hydrogen-bond acceptors (Lipinski definition) is 3. The van der Waals surface area contributed by atoms with Gasteiger partial charge in [0.15, 0.2) is 0 Å². The smallest absolute Gasteiger partial charge is 0.339 e. The number of fused-ring (bicyclic) bond motifs is 1. The molecule has 4 nitrogen and oxygen atoms in total. The number of anilines is 1. The zero-order chi connectivity index (χ0) is 13.4. The molecule has 1 fully saturated rings. The molecule has 0 aliphatic heterocycles. The number of aromatic carboxylic acids is 1. The highest BCUT2D eigenvalue weighted by Crippen LogP contribution is 2.37. The number of benzene rings is 1. The molecule has 2 aromatic rings. The second-order valence-electron chi connectivity index (χ2n) is 4.86. The Morgan fingerprint density at radius 1 is 1.42 bits per heavy atom. The van der Waals surface area contributed by atoms with Crippen molar-refractivity contribution < 1.29 is 9.90 Å². The topological polar surface area (TPSA) is 53.4 Å². The van der Waals surface area contributed by atoms with Crippen LogP contribution in [0.5, 0.6) is 0 Å². The van der Waals surface area contributed by atoms with Gasteiger partial charge in [-0.25, -0.2) is 4.79 Å². The van der Waals surface area contributed by atoms with E-state index in [9.17, 15) is 9.90 Å². The van der Waals surface area contributed by atoms with Crippen LogP contribution in [0.2, 0.25) is 0 Å². The van der Waals surface area contributed by atoms with Gasteiger partial charge in [0.1, 0.15) is 5.56 Å². The van der Waals surface area contributed by atoms with Crippen LogP contribution >= 0.6 is 0 Å². The quantitative estimate of drug-likeness (QED) is 0.913. The number of carbonyl (C=O) groups is 1. The Morgan fingerprint density at radius 3 is 2.79 bits per heavy atom. The van der Waals surface area contributed by atoms with E-state index in [1.54, 1.807) is 0 Å². The fourth-order valence-electron chi connectivity index (χ4n) is 2.58. The minimum absolute atomic E-state index is 0.299. The van der Waals surface area contributed by atoms with E-state index in [0.29, 0.717) is 11.6 Å².